The van der Waals surface area contributed by atoms with Crippen molar-refractivity contribution < 1.29 is 8.39 Å². The molecule has 0 aliphatic carbocycles. The van der Waals surface area contributed by atoms with Gasteiger partial charge < -0.3 is 4.18 Å². The zero-order chi connectivity index (χ0) is 8.27. The molecule has 0 amide bonds. The smallest absolute Gasteiger partial charge is 0.308 e. The topological polar surface area (TPSA) is 26.3 Å². The molecule has 0 aliphatic rings. The van der Waals surface area contributed by atoms with Crippen LogP contribution in [-0.2, 0) is 10.3 Å². The molecule has 0 spiro atoms. The molecule has 0 radical (unpaired) electrons. The molecule has 0 aromatic heterocycles. The van der Waals surface area contributed by atoms with Crippen LogP contribution >= 0.6 is 22.3 Å². The summed E-state index contributed by atoms with van der Waals surface area (Å²) < 4.78 is 15.0. The summed E-state index contributed by atoms with van der Waals surface area (Å²) in [7, 11) is 3.28. The van der Waals surface area contributed by atoms with Crippen molar-refractivity contribution in [2.75, 3.05) is 0 Å². The Morgan fingerprint density at radius 3 is 2.27 bits per heavy atom. The molecule has 0 aliphatic heterocycles. The van der Waals surface area contributed by atoms with E-state index in [0.29, 0.717) is 10.8 Å². The largest absolute Gasteiger partial charge is 0.389 e. The Morgan fingerprint density at radius 2 is 1.82 bits per heavy atom. The lowest BCUT2D eigenvalue weighted by atomic mass is 10.3. The van der Waals surface area contributed by atoms with Gasteiger partial charge in [-0.2, -0.15) is 4.21 Å². The summed E-state index contributed by atoms with van der Waals surface area (Å²) in [6, 6.07) is 6.42. The highest BCUT2D eigenvalue weighted by Gasteiger charge is 1.96. The zero-order valence-corrected chi connectivity index (χ0v) is 7.62. The average molecular weight is 211 g/mol. The second kappa shape index (κ2) is 3.95. The number of benzene rings is 1. The quantitative estimate of drug-likeness (QED) is 0.702. The summed E-state index contributed by atoms with van der Waals surface area (Å²) >= 11 is 5.58. The van der Waals surface area contributed by atoms with Gasteiger partial charge in [0.05, 0.1) is 0 Å². The van der Waals surface area contributed by atoms with Crippen LogP contribution in [0.15, 0.2) is 24.3 Å². The third kappa shape index (κ3) is 3.10. The normalized spacial score (nSPS) is 12.5. The molecule has 0 saturated carbocycles. The molecule has 1 aromatic carbocycles. The van der Waals surface area contributed by atoms with Crippen molar-refractivity contribution in [3.05, 3.63) is 29.3 Å². The van der Waals surface area contributed by atoms with Gasteiger partial charge in [-0.1, -0.05) is 11.6 Å². The van der Waals surface area contributed by atoms with Gasteiger partial charge in [0.25, 0.3) is 0 Å². The van der Waals surface area contributed by atoms with Gasteiger partial charge in [0.15, 0.2) is 0 Å². The van der Waals surface area contributed by atoms with E-state index in [1.807, 2.05) is 0 Å². The SMILES string of the molecule is O=S(Cl)Oc1ccc(Cl)cc1. The molecule has 5 heteroatoms. The van der Waals surface area contributed by atoms with Gasteiger partial charge >= 0.3 is 10.3 Å². The highest BCUT2D eigenvalue weighted by Crippen LogP contribution is 2.16. The van der Waals surface area contributed by atoms with E-state index in [2.05, 4.69) is 4.18 Å². The zero-order valence-electron chi connectivity index (χ0n) is 5.29. The fourth-order valence-corrected chi connectivity index (χ4v) is 1.17. The van der Waals surface area contributed by atoms with E-state index in [9.17, 15) is 4.21 Å². The highest BCUT2D eigenvalue weighted by atomic mass is 35.7. The van der Waals surface area contributed by atoms with Crippen molar-refractivity contribution in [3.8, 4) is 5.75 Å². The Labute approximate surface area is 76.2 Å². The minimum atomic E-state index is -1.79. The summed E-state index contributed by atoms with van der Waals surface area (Å²) in [4.78, 5) is 0. The summed E-state index contributed by atoms with van der Waals surface area (Å²) in [6.45, 7) is 0. The third-order valence-electron chi connectivity index (χ3n) is 0.975. The summed E-state index contributed by atoms with van der Waals surface area (Å²) in [5, 5.41) is 0.595. The Bertz CT molecular complexity index is 260. The minimum Gasteiger partial charge on any atom is -0.389 e. The van der Waals surface area contributed by atoms with Gasteiger partial charge in [0.1, 0.15) is 5.75 Å². The van der Waals surface area contributed by atoms with Gasteiger partial charge in [-0.05, 0) is 24.3 Å². The van der Waals surface area contributed by atoms with E-state index >= 15 is 0 Å². The predicted octanol–water partition coefficient (Wildman–Crippen LogP) is 2.54. The molecule has 0 saturated heterocycles. The summed E-state index contributed by atoms with van der Waals surface area (Å²) in [6.07, 6.45) is 0. The monoisotopic (exact) mass is 210 g/mol. The Kier molecular flexibility index (Phi) is 3.17. The van der Waals surface area contributed by atoms with E-state index in [0.717, 1.165) is 0 Å². The molecule has 1 aromatic rings. The minimum absolute atomic E-state index is 0.433. The van der Waals surface area contributed by atoms with Crippen LogP contribution in [0.1, 0.15) is 0 Å². The van der Waals surface area contributed by atoms with Crippen LogP contribution in [0.2, 0.25) is 5.02 Å². The first-order valence-corrected chi connectivity index (χ1v) is 4.98. The first-order valence-electron chi connectivity index (χ1n) is 2.70. The fourth-order valence-electron chi connectivity index (χ4n) is 0.566. The van der Waals surface area contributed by atoms with E-state index in [1.165, 1.54) is 0 Å². The van der Waals surface area contributed by atoms with Crippen LogP contribution in [0.25, 0.3) is 0 Å². The molecule has 2 nitrogen and oxygen atoms in total. The highest BCUT2D eigenvalue weighted by molar-refractivity contribution is 8.04. The predicted molar refractivity (Wildman–Crippen MR) is 46.1 cm³/mol. The maximum absolute atomic E-state index is 10.3. The summed E-state index contributed by atoms with van der Waals surface area (Å²) in [5.74, 6) is 0.433. The molecule has 0 fully saturated rings. The second-order valence-corrected chi connectivity index (χ2v) is 3.48. The Balaban J connectivity index is 2.74. The van der Waals surface area contributed by atoms with Crippen molar-refractivity contribution in [1.82, 2.24) is 0 Å². The Morgan fingerprint density at radius 1 is 1.27 bits per heavy atom. The molecule has 0 N–H and O–H groups in total. The maximum Gasteiger partial charge on any atom is 0.308 e. The van der Waals surface area contributed by atoms with Crippen molar-refractivity contribution >= 4 is 32.6 Å². The van der Waals surface area contributed by atoms with E-state index < -0.39 is 10.3 Å². The maximum atomic E-state index is 10.3. The van der Waals surface area contributed by atoms with Crippen molar-refractivity contribution in [1.29, 1.82) is 0 Å². The van der Waals surface area contributed by atoms with Crippen LogP contribution in [0, 0.1) is 0 Å². The number of hydrogen-bond acceptors (Lipinski definition) is 2. The molecule has 11 heavy (non-hydrogen) atoms. The van der Waals surface area contributed by atoms with Gasteiger partial charge in [-0.3, -0.25) is 0 Å². The standard InChI is InChI=1S/C6H4Cl2O2S/c7-5-1-3-6(4-2-5)10-11(8)9/h1-4H. The molecule has 1 unspecified atom stereocenters. The molecule has 0 heterocycles. The molecule has 60 valence electrons. The van der Waals surface area contributed by atoms with Crippen LogP contribution in [0.5, 0.6) is 5.75 Å². The molecular formula is C6H4Cl2O2S. The van der Waals surface area contributed by atoms with Crippen molar-refractivity contribution in [2.45, 2.75) is 0 Å². The van der Waals surface area contributed by atoms with Crippen LogP contribution < -0.4 is 4.18 Å². The van der Waals surface area contributed by atoms with E-state index in [1.54, 1.807) is 24.3 Å². The lowest BCUT2D eigenvalue weighted by Gasteiger charge is -1.97. The van der Waals surface area contributed by atoms with Crippen molar-refractivity contribution in [2.24, 2.45) is 0 Å². The summed E-state index contributed by atoms with van der Waals surface area (Å²) in [5.41, 5.74) is 0. The molecule has 1 atom stereocenters. The van der Waals surface area contributed by atoms with Gasteiger partial charge in [0.2, 0.25) is 0 Å². The van der Waals surface area contributed by atoms with E-state index in [4.69, 9.17) is 22.3 Å². The number of hydrogen-bond donors (Lipinski definition) is 0. The first-order chi connectivity index (χ1) is 5.18. The van der Waals surface area contributed by atoms with Crippen LogP contribution in [0.4, 0.5) is 0 Å². The van der Waals surface area contributed by atoms with E-state index in [-0.39, 0.29) is 0 Å². The fraction of sp³-hybridized carbons (Fsp3) is 0. The van der Waals surface area contributed by atoms with Crippen LogP contribution in [-0.4, -0.2) is 4.21 Å². The average Bonchev–Trinajstić information content (AvgIpc) is 1.93. The van der Waals surface area contributed by atoms with Crippen LogP contribution in [0.3, 0.4) is 0 Å². The van der Waals surface area contributed by atoms with Gasteiger partial charge in [-0.15, -0.1) is 0 Å². The molecular weight excluding hydrogens is 207 g/mol. The number of rotatable bonds is 2. The molecule has 1 rings (SSSR count). The Hall–Kier alpha value is -0.250. The number of halogens is 2. The third-order valence-corrected chi connectivity index (χ3v) is 1.74. The van der Waals surface area contributed by atoms with Crippen molar-refractivity contribution in [3.63, 3.8) is 0 Å². The lowest BCUT2D eigenvalue weighted by Crippen LogP contribution is -1.90. The van der Waals surface area contributed by atoms with Gasteiger partial charge in [0, 0.05) is 15.7 Å². The first kappa shape index (κ1) is 8.84. The van der Waals surface area contributed by atoms with Gasteiger partial charge in [-0.25, -0.2) is 0 Å². The second-order valence-electron chi connectivity index (χ2n) is 1.73. The molecule has 0 bridgehead atoms. The lowest BCUT2D eigenvalue weighted by molar-refractivity contribution is 0.576.